The van der Waals surface area contributed by atoms with Crippen LogP contribution >= 0.6 is 7.14 Å². The summed E-state index contributed by atoms with van der Waals surface area (Å²) in [6.45, 7) is 0. The summed E-state index contributed by atoms with van der Waals surface area (Å²) >= 11 is 0. The molecular formula is C54H32NO3P. The lowest BCUT2D eigenvalue weighted by atomic mass is 9.93. The van der Waals surface area contributed by atoms with Gasteiger partial charge in [0, 0.05) is 53.9 Å². The molecule has 0 aliphatic rings. The standard InChI is InChI=1S/C54H32NO3P/c56-59(34-23-26-53-47(28-34)42-18-8-10-20-51(42)57-53,35-24-27-54-48(29-35)43-19-9-11-21-52(43)58-54)36-22-25-41-46-31-44-39-16-6-4-14-37(39)38-15-5-7-17-40(38)45(44)32-50(46)55(49(41)30-36)33-12-2-1-3-13-33/h1-32H. The van der Waals surface area contributed by atoms with Crippen molar-refractivity contribution < 1.29 is 13.4 Å². The highest BCUT2D eigenvalue weighted by Crippen LogP contribution is 2.47. The van der Waals surface area contributed by atoms with Crippen LogP contribution in [0.25, 0.3) is 104 Å². The second kappa shape index (κ2) is 12.1. The average Bonchev–Trinajstić information content (AvgIpc) is 3.97. The van der Waals surface area contributed by atoms with Crippen molar-refractivity contribution in [1.29, 1.82) is 0 Å². The average molecular weight is 774 g/mol. The summed E-state index contributed by atoms with van der Waals surface area (Å²) in [7, 11) is -3.56. The Morgan fingerprint density at radius 1 is 0.305 bits per heavy atom. The van der Waals surface area contributed by atoms with Crippen molar-refractivity contribution >= 4 is 121 Å². The van der Waals surface area contributed by atoms with Crippen LogP contribution < -0.4 is 15.9 Å². The quantitative estimate of drug-likeness (QED) is 0.132. The first-order chi connectivity index (χ1) is 29.1. The summed E-state index contributed by atoms with van der Waals surface area (Å²) in [5.74, 6) is 0. The molecule has 276 valence electrons. The topological polar surface area (TPSA) is 48.3 Å². The number of hydrogen-bond acceptors (Lipinski definition) is 3. The van der Waals surface area contributed by atoms with E-state index in [4.69, 9.17) is 8.83 Å². The van der Waals surface area contributed by atoms with Gasteiger partial charge in [-0.25, -0.2) is 0 Å². The third kappa shape index (κ3) is 4.58. The Hall–Kier alpha value is -7.39. The van der Waals surface area contributed by atoms with Gasteiger partial charge in [-0.05, 0) is 111 Å². The predicted molar refractivity (Wildman–Crippen MR) is 247 cm³/mol. The molecule has 0 spiro atoms. The van der Waals surface area contributed by atoms with Crippen LogP contribution in [0.15, 0.2) is 203 Å². The van der Waals surface area contributed by atoms with Crippen LogP contribution in [0.1, 0.15) is 0 Å². The molecule has 0 aliphatic heterocycles. The molecule has 0 aliphatic carbocycles. The van der Waals surface area contributed by atoms with Gasteiger partial charge in [-0.2, -0.15) is 0 Å². The maximum Gasteiger partial charge on any atom is 0.171 e. The summed E-state index contributed by atoms with van der Waals surface area (Å²) < 4.78 is 31.6. The second-order valence-corrected chi connectivity index (χ2v) is 18.3. The smallest absolute Gasteiger partial charge is 0.171 e. The maximum atomic E-state index is 16.7. The zero-order valence-electron chi connectivity index (χ0n) is 31.6. The SMILES string of the molecule is O=P(c1ccc2oc3ccccc3c2c1)(c1ccc2oc3ccccc3c2c1)c1ccc2c3cc4c5ccccc5c5ccccc5c4cc3n(-c3ccccc3)c2c1. The fourth-order valence-corrected chi connectivity index (χ4v) is 12.4. The van der Waals surface area contributed by atoms with E-state index in [1.54, 1.807) is 0 Å². The van der Waals surface area contributed by atoms with Crippen molar-refractivity contribution in [2.24, 2.45) is 0 Å². The van der Waals surface area contributed by atoms with Crippen LogP contribution in [0.4, 0.5) is 0 Å². The lowest BCUT2D eigenvalue weighted by molar-refractivity contribution is 0.592. The van der Waals surface area contributed by atoms with Crippen molar-refractivity contribution in [3.8, 4) is 5.69 Å². The molecule has 0 unspecified atom stereocenters. The number of rotatable bonds is 4. The van der Waals surface area contributed by atoms with Gasteiger partial charge in [-0.1, -0.05) is 115 Å². The monoisotopic (exact) mass is 773 g/mol. The minimum atomic E-state index is -3.56. The van der Waals surface area contributed by atoms with Gasteiger partial charge in [-0.3, -0.25) is 0 Å². The van der Waals surface area contributed by atoms with Crippen LogP contribution in [-0.2, 0) is 4.57 Å². The summed E-state index contributed by atoms with van der Waals surface area (Å²) in [5, 5.41) is 15.7. The molecule has 0 amide bonds. The zero-order chi connectivity index (χ0) is 38.8. The number of fused-ring (bicyclic) bond motifs is 15. The Bertz CT molecular complexity index is 3830. The van der Waals surface area contributed by atoms with E-state index in [-0.39, 0.29) is 0 Å². The Labute approximate surface area is 337 Å². The van der Waals surface area contributed by atoms with E-state index in [2.05, 4.69) is 138 Å². The molecule has 0 bridgehead atoms. The molecule has 10 aromatic carbocycles. The van der Waals surface area contributed by atoms with Crippen molar-refractivity contribution in [3.63, 3.8) is 0 Å². The van der Waals surface area contributed by atoms with Gasteiger partial charge in [0.25, 0.3) is 0 Å². The van der Waals surface area contributed by atoms with Gasteiger partial charge in [0.2, 0.25) is 0 Å². The van der Waals surface area contributed by atoms with Crippen LogP contribution in [-0.4, -0.2) is 4.57 Å². The van der Waals surface area contributed by atoms with Gasteiger partial charge < -0.3 is 18.0 Å². The molecular weight excluding hydrogens is 742 g/mol. The maximum absolute atomic E-state index is 16.7. The molecule has 0 radical (unpaired) electrons. The summed E-state index contributed by atoms with van der Waals surface area (Å²) in [6, 6.07) is 67.4. The van der Waals surface area contributed by atoms with E-state index >= 15 is 4.57 Å². The number of hydrogen-bond donors (Lipinski definition) is 0. The Morgan fingerprint density at radius 3 is 1.31 bits per heavy atom. The third-order valence-electron chi connectivity index (χ3n) is 12.4. The van der Waals surface area contributed by atoms with Crippen molar-refractivity contribution in [3.05, 3.63) is 194 Å². The lowest BCUT2D eigenvalue weighted by Gasteiger charge is -2.21. The van der Waals surface area contributed by atoms with E-state index in [9.17, 15) is 0 Å². The normalized spacial score (nSPS) is 12.5. The van der Waals surface area contributed by atoms with Gasteiger partial charge in [-0.15, -0.1) is 0 Å². The van der Waals surface area contributed by atoms with E-state index in [0.717, 1.165) is 87.3 Å². The van der Waals surface area contributed by atoms with Gasteiger partial charge in [0.15, 0.2) is 7.14 Å². The van der Waals surface area contributed by atoms with Gasteiger partial charge in [0.05, 0.1) is 11.0 Å². The highest BCUT2D eigenvalue weighted by molar-refractivity contribution is 7.85. The van der Waals surface area contributed by atoms with Crippen LogP contribution in [0.3, 0.4) is 0 Å². The first kappa shape index (κ1) is 32.7. The zero-order valence-corrected chi connectivity index (χ0v) is 32.5. The van der Waals surface area contributed by atoms with E-state index in [1.165, 1.54) is 32.3 Å². The molecule has 5 heteroatoms. The largest absolute Gasteiger partial charge is 0.456 e. The second-order valence-electron chi connectivity index (χ2n) is 15.5. The summed E-state index contributed by atoms with van der Waals surface area (Å²) in [6.07, 6.45) is 0. The highest BCUT2D eigenvalue weighted by Gasteiger charge is 2.32. The predicted octanol–water partition coefficient (Wildman–Crippen LogP) is 13.7. The third-order valence-corrected chi connectivity index (χ3v) is 15.5. The minimum Gasteiger partial charge on any atom is -0.456 e. The molecule has 3 aromatic heterocycles. The molecule has 3 heterocycles. The molecule has 0 N–H and O–H groups in total. The minimum absolute atomic E-state index is 0.745. The van der Waals surface area contributed by atoms with E-state index in [0.29, 0.717) is 0 Å². The number of para-hydroxylation sites is 3. The highest BCUT2D eigenvalue weighted by atomic mass is 31.2. The van der Waals surface area contributed by atoms with Crippen LogP contribution in [0, 0.1) is 0 Å². The van der Waals surface area contributed by atoms with Crippen molar-refractivity contribution in [1.82, 2.24) is 4.57 Å². The number of benzene rings is 10. The Kier molecular flexibility index (Phi) is 6.68. The molecule has 0 saturated heterocycles. The number of furan rings is 2. The molecule has 0 atom stereocenters. The van der Waals surface area contributed by atoms with Crippen LogP contribution in [0.2, 0.25) is 0 Å². The number of aromatic nitrogens is 1. The van der Waals surface area contributed by atoms with Gasteiger partial charge >= 0.3 is 0 Å². The molecule has 59 heavy (non-hydrogen) atoms. The molecule has 4 nitrogen and oxygen atoms in total. The fourth-order valence-electron chi connectivity index (χ4n) is 9.72. The van der Waals surface area contributed by atoms with Crippen molar-refractivity contribution in [2.75, 3.05) is 0 Å². The molecule has 13 aromatic rings. The summed E-state index contributed by atoms with van der Waals surface area (Å²) in [4.78, 5) is 0. The Morgan fingerprint density at radius 2 is 0.729 bits per heavy atom. The number of nitrogens with zero attached hydrogens (tertiary/aromatic N) is 1. The first-order valence-corrected chi connectivity index (χ1v) is 21.6. The van der Waals surface area contributed by atoms with Crippen molar-refractivity contribution in [2.45, 2.75) is 0 Å². The summed E-state index contributed by atoms with van der Waals surface area (Å²) in [5.41, 5.74) is 6.29. The fraction of sp³-hybridized carbons (Fsp3) is 0. The molecule has 13 rings (SSSR count). The van der Waals surface area contributed by atoms with E-state index in [1.807, 2.05) is 60.7 Å². The Balaban J connectivity index is 1.14. The molecule has 0 fully saturated rings. The lowest BCUT2D eigenvalue weighted by Crippen LogP contribution is -2.25. The first-order valence-electron chi connectivity index (χ1n) is 19.9. The molecule has 0 saturated carbocycles. The van der Waals surface area contributed by atoms with Gasteiger partial charge in [0.1, 0.15) is 22.3 Å². The van der Waals surface area contributed by atoms with Crippen LogP contribution in [0.5, 0.6) is 0 Å². The van der Waals surface area contributed by atoms with E-state index < -0.39 is 7.14 Å².